The van der Waals surface area contributed by atoms with Gasteiger partial charge in [-0.15, -0.1) is 11.3 Å². The third-order valence-corrected chi connectivity index (χ3v) is 3.56. The normalized spacial score (nSPS) is 20.2. The molecule has 2 rings (SSSR count). The van der Waals surface area contributed by atoms with E-state index in [1.165, 1.54) is 11.3 Å². The molecule has 1 aromatic rings. The lowest BCUT2D eigenvalue weighted by Gasteiger charge is -2.11. The molecule has 1 atom stereocenters. The second-order valence-corrected chi connectivity index (χ2v) is 4.70. The van der Waals surface area contributed by atoms with E-state index >= 15 is 0 Å². The van der Waals surface area contributed by atoms with Gasteiger partial charge in [-0.05, 0) is 17.9 Å². The SMILES string of the molecule is CN1CCC(NC(=O)c2sccc2N)C1=O. The molecule has 2 amide bonds. The van der Waals surface area contributed by atoms with Gasteiger partial charge < -0.3 is 16.0 Å². The first-order valence-electron chi connectivity index (χ1n) is 4.98. The summed E-state index contributed by atoms with van der Waals surface area (Å²) in [6, 6.07) is 1.28. The Labute approximate surface area is 97.2 Å². The zero-order valence-electron chi connectivity index (χ0n) is 8.90. The Balaban J connectivity index is 2.04. The third kappa shape index (κ3) is 1.88. The maximum absolute atomic E-state index is 11.8. The molecule has 86 valence electrons. The smallest absolute Gasteiger partial charge is 0.264 e. The lowest BCUT2D eigenvalue weighted by Crippen LogP contribution is -2.40. The van der Waals surface area contributed by atoms with E-state index in [2.05, 4.69) is 5.32 Å². The summed E-state index contributed by atoms with van der Waals surface area (Å²) in [5.74, 6) is -0.301. The molecule has 1 fully saturated rings. The van der Waals surface area contributed by atoms with Crippen LogP contribution in [-0.4, -0.2) is 36.3 Å². The molecule has 3 N–H and O–H groups in total. The lowest BCUT2D eigenvalue weighted by molar-refractivity contribution is -0.128. The predicted octanol–water partition coefficient (Wildman–Crippen LogP) is 0.291. The fraction of sp³-hybridized carbons (Fsp3) is 0.400. The molecule has 0 radical (unpaired) electrons. The van der Waals surface area contributed by atoms with Crippen molar-refractivity contribution in [2.75, 3.05) is 19.3 Å². The minimum atomic E-state index is -0.404. The van der Waals surface area contributed by atoms with Crippen LogP contribution in [0.15, 0.2) is 11.4 Å². The molecule has 1 aromatic heterocycles. The van der Waals surface area contributed by atoms with Crippen molar-refractivity contribution in [3.8, 4) is 0 Å². The largest absolute Gasteiger partial charge is 0.397 e. The number of likely N-dealkylation sites (tertiary alicyclic amines) is 1. The van der Waals surface area contributed by atoms with E-state index in [4.69, 9.17) is 5.73 Å². The van der Waals surface area contributed by atoms with Crippen molar-refractivity contribution in [3.05, 3.63) is 16.3 Å². The number of rotatable bonds is 2. The number of nitrogens with zero attached hydrogens (tertiary/aromatic N) is 1. The van der Waals surface area contributed by atoms with Gasteiger partial charge in [0, 0.05) is 13.6 Å². The van der Waals surface area contributed by atoms with Gasteiger partial charge in [0.2, 0.25) is 5.91 Å². The van der Waals surface area contributed by atoms with Crippen molar-refractivity contribution in [2.45, 2.75) is 12.5 Å². The van der Waals surface area contributed by atoms with Gasteiger partial charge in [-0.1, -0.05) is 0 Å². The van der Waals surface area contributed by atoms with Gasteiger partial charge in [-0.3, -0.25) is 9.59 Å². The highest BCUT2D eigenvalue weighted by molar-refractivity contribution is 7.12. The Hall–Kier alpha value is -1.56. The van der Waals surface area contributed by atoms with Crippen LogP contribution >= 0.6 is 11.3 Å². The molecule has 1 saturated heterocycles. The molecule has 5 nitrogen and oxygen atoms in total. The first-order valence-corrected chi connectivity index (χ1v) is 5.86. The van der Waals surface area contributed by atoms with E-state index in [-0.39, 0.29) is 11.8 Å². The second kappa shape index (κ2) is 4.13. The predicted molar refractivity (Wildman–Crippen MR) is 62.2 cm³/mol. The number of carbonyl (C=O) groups excluding carboxylic acids is 2. The van der Waals surface area contributed by atoms with Gasteiger partial charge in [0.15, 0.2) is 0 Å². The number of anilines is 1. The Kier molecular flexibility index (Phi) is 2.82. The van der Waals surface area contributed by atoms with Crippen molar-refractivity contribution in [1.82, 2.24) is 10.2 Å². The van der Waals surface area contributed by atoms with Crippen molar-refractivity contribution < 1.29 is 9.59 Å². The van der Waals surface area contributed by atoms with Gasteiger partial charge in [-0.2, -0.15) is 0 Å². The van der Waals surface area contributed by atoms with Crippen LogP contribution in [0.4, 0.5) is 5.69 Å². The molecular formula is C10H13N3O2S. The minimum Gasteiger partial charge on any atom is -0.397 e. The van der Waals surface area contributed by atoms with E-state index in [1.54, 1.807) is 23.4 Å². The number of carbonyl (C=O) groups is 2. The maximum atomic E-state index is 11.8. The molecule has 1 aliphatic heterocycles. The molecule has 1 unspecified atom stereocenters. The highest BCUT2D eigenvalue weighted by Crippen LogP contribution is 2.19. The number of hydrogen-bond acceptors (Lipinski definition) is 4. The Bertz CT molecular complexity index is 429. The van der Waals surface area contributed by atoms with E-state index in [0.717, 1.165) is 0 Å². The lowest BCUT2D eigenvalue weighted by atomic mass is 10.2. The average Bonchev–Trinajstić information content (AvgIpc) is 2.79. The molecule has 0 saturated carbocycles. The molecule has 0 aromatic carbocycles. The summed E-state index contributed by atoms with van der Waals surface area (Å²) in [5.41, 5.74) is 6.09. The van der Waals surface area contributed by atoms with Gasteiger partial charge in [0.05, 0.1) is 5.69 Å². The standard InChI is InChI=1S/C10H13N3O2S/c1-13-4-2-7(10(13)15)12-9(14)8-6(11)3-5-16-8/h3,5,7H,2,4,11H2,1H3,(H,12,14). The van der Waals surface area contributed by atoms with Gasteiger partial charge in [0.25, 0.3) is 5.91 Å². The number of nitrogens with one attached hydrogen (secondary N) is 1. The summed E-state index contributed by atoms with van der Waals surface area (Å²) >= 11 is 1.28. The highest BCUT2D eigenvalue weighted by Gasteiger charge is 2.30. The van der Waals surface area contributed by atoms with Crippen molar-refractivity contribution >= 4 is 28.8 Å². The fourth-order valence-corrected chi connectivity index (χ4v) is 2.40. The zero-order valence-corrected chi connectivity index (χ0v) is 9.71. The summed E-state index contributed by atoms with van der Waals surface area (Å²) in [6.45, 7) is 0.684. The number of likely N-dealkylation sites (N-methyl/N-ethyl adjacent to an activating group) is 1. The van der Waals surface area contributed by atoms with Crippen LogP contribution in [0, 0.1) is 0 Å². The van der Waals surface area contributed by atoms with Crippen molar-refractivity contribution in [3.63, 3.8) is 0 Å². The summed E-state index contributed by atoms with van der Waals surface area (Å²) in [6.07, 6.45) is 0.659. The number of amides is 2. The minimum absolute atomic E-state index is 0.0384. The Morgan fingerprint density at radius 3 is 2.94 bits per heavy atom. The molecule has 16 heavy (non-hydrogen) atoms. The average molecular weight is 239 g/mol. The van der Waals surface area contributed by atoms with Crippen molar-refractivity contribution in [2.24, 2.45) is 0 Å². The van der Waals surface area contributed by atoms with Crippen LogP contribution < -0.4 is 11.1 Å². The van der Waals surface area contributed by atoms with Gasteiger partial charge in [-0.25, -0.2) is 0 Å². The van der Waals surface area contributed by atoms with E-state index in [0.29, 0.717) is 23.5 Å². The van der Waals surface area contributed by atoms with Gasteiger partial charge in [0.1, 0.15) is 10.9 Å². The fourth-order valence-electron chi connectivity index (χ4n) is 1.68. The van der Waals surface area contributed by atoms with E-state index in [9.17, 15) is 9.59 Å². The van der Waals surface area contributed by atoms with Crippen LogP contribution in [0.25, 0.3) is 0 Å². The molecule has 0 aliphatic carbocycles. The van der Waals surface area contributed by atoms with Crippen LogP contribution in [0.1, 0.15) is 16.1 Å². The highest BCUT2D eigenvalue weighted by atomic mass is 32.1. The first-order chi connectivity index (χ1) is 7.59. The molecule has 2 heterocycles. The zero-order chi connectivity index (χ0) is 11.7. The number of nitrogen functional groups attached to an aromatic ring is 1. The van der Waals surface area contributed by atoms with E-state index in [1.807, 2.05) is 0 Å². The summed E-state index contributed by atoms with van der Waals surface area (Å²) in [4.78, 5) is 25.5. The molecule has 0 spiro atoms. The molecule has 6 heteroatoms. The Morgan fingerprint density at radius 2 is 2.44 bits per heavy atom. The molecule has 1 aliphatic rings. The topological polar surface area (TPSA) is 75.4 Å². The van der Waals surface area contributed by atoms with Crippen molar-refractivity contribution in [1.29, 1.82) is 0 Å². The maximum Gasteiger partial charge on any atom is 0.264 e. The van der Waals surface area contributed by atoms with Crippen LogP contribution in [-0.2, 0) is 4.79 Å². The van der Waals surface area contributed by atoms with E-state index < -0.39 is 6.04 Å². The first kappa shape index (κ1) is 10.9. The van der Waals surface area contributed by atoms with Crippen LogP contribution in [0.5, 0.6) is 0 Å². The number of hydrogen-bond donors (Lipinski definition) is 2. The molecule has 0 bridgehead atoms. The summed E-state index contributed by atoms with van der Waals surface area (Å²) in [5, 5.41) is 4.46. The van der Waals surface area contributed by atoms with Gasteiger partial charge >= 0.3 is 0 Å². The van der Waals surface area contributed by atoms with Crippen LogP contribution in [0.2, 0.25) is 0 Å². The Morgan fingerprint density at radius 1 is 1.69 bits per heavy atom. The monoisotopic (exact) mass is 239 g/mol. The molecular weight excluding hydrogens is 226 g/mol. The van der Waals surface area contributed by atoms with Crippen LogP contribution in [0.3, 0.4) is 0 Å². The second-order valence-electron chi connectivity index (χ2n) is 3.78. The number of nitrogens with two attached hydrogens (primary N) is 1. The summed E-state index contributed by atoms with van der Waals surface area (Å²) in [7, 11) is 1.73. The quantitative estimate of drug-likeness (QED) is 0.779. The third-order valence-electron chi connectivity index (χ3n) is 2.63. The summed E-state index contributed by atoms with van der Waals surface area (Å²) < 4.78 is 0. The number of thiophene rings is 1.